The first-order chi connectivity index (χ1) is 12.7. The molecule has 0 aliphatic carbocycles. The van der Waals surface area contributed by atoms with Gasteiger partial charge >= 0.3 is 5.97 Å². The molecular formula is C21H22O4Si. The molecule has 0 aliphatic rings. The molecule has 3 rings (SSSR count). The minimum atomic E-state index is -1.40. The van der Waals surface area contributed by atoms with Crippen molar-refractivity contribution in [2.45, 2.75) is 19.0 Å². The zero-order valence-corrected chi connectivity index (χ0v) is 16.9. The molecule has 0 radical (unpaired) electrons. The summed E-state index contributed by atoms with van der Waals surface area (Å²) >= 11 is 0. The average Bonchev–Trinajstić information content (AvgIpc) is 2.70. The summed E-state index contributed by atoms with van der Waals surface area (Å²) in [5.74, 6) is 0.604. The monoisotopic (exact) mass is 366 g/mol. The van der Waals surface area contributed by atoms with Crippen LogP contribution in [0.2, 0.25) is 0 Å². The van der Waals surface area contributed by atoms with E-state index in [1.807, 2.05) is 97.9 Å². The number of benzene rings is 3. The average molecular weight is 366 g/mol. The van der Waals surface area contributed by atoms with E-state index in [0.717, 1.165) is 5.75 Å². The molecule has 0 N–H and O–H groups in total. The van der Waals surface area contributed by atoms with Gasteiger partial charge in [-0.05, 0) is 43.3 Å². The third kappa shape index (κ3) is 4.44. The van der Waals surface area contributed by atoms with Crippen LogP contribution in [0, 0.1) is 0 Å². The van der Waals surface area contributed by atoms with Crippen molar-refractivity contribution in [2.24, 2.45) is 0 Å². The highest BCUT2D eigenvalue weighted by atomic mass is 28.2. The Morgan fingerprint density at radius 2 is 1.04 bits per heavy atom. The van der Waals surface area contributed by atoms with E-state index in [0.29, 0.717) is 22.0 Å². The lowest BCUT2D eigenvalue weighted by Gasteiger charge is -2.37. The fourth-order valence-corrected chi connectivity index (χ4v) is 3.02. The molecule has 4 nitrogen and oxygen atoms in total. The van der Waals surface area contributed by atoms with Gasteiger partial charge < -0.3 is 18.6 Å². The molecule has 0 fully saturated rings. The minimum absolute atomic E-state index is 0.402. The second-order valence-electron chi connectivity index (χ2n) is 5.71. The van der Waals surface area contributed by atoms with E-state index in [-0.39, 0.29) is 0 Å². The summed E-state index contributed by atoms with van der Waals surface area (Å²) in [6, 6.07) is 28.5. The van der Waals surface area contributed by atoms with Gasteiger partial charge in [0.1, 0.15) is 17.2 Å². The van der Waals surface area contributed by atoms with Crippen molar-refractivity contribution in [3.63, 3.8) is 0 Å². The maximum Gasteiger partial charge on any atom is 0.400 e. The highest BCUT2D eigenvalue weighted by Gasteiger charge is 2.44. The Bertz CT molecular complexity index is 739. The quantitative estimate of drug-likeness (QED) is 0.451. The third-order valence-electron chi connectivity index (χ3n) is 3.85. The summed E-state index contributed by atoms with van der Waals surface area (Å²) in [6.45, 7) is 1.87. The smallest absolute Gasteiger partial charge is 0.400 e. The number of rotatable bonds is 8. The van der Waals surface area contributed by atoms with Crippen molar-refractivity contribution >= 4 is 10.5 Å². The maximum absolute atomic E-state index is 6.15. The first-order valence-electron chi connectivity index (χ1n) is 8.47. The fraction of sp³-hybridized carbons (Fsp3) is 0.143. The molecule has 3 aromatic rings. The van der Waals surface area contributed by atoms with Crippen LogP contribution in [-0.2, 0) is 4.43 Å². The summed E-state index contributed by atoms with van der Waals surface area (Å²) in [7, 11) is 0.402. The van der Waals surface area contributed by atoms with Crippen LogP contribution < -0.4 is 14.2 Å². The van der Waals surface area contributed by atoms with Crippen LogP contribution in [0.5, 0.6) is 17.2 Å². The lowest BCUT2D eigenvalue weighted by molar-refractivity contribution is -0.291. The second kappa shape index (κ2) is 8.56. The normalized spacial score (nSPS) is 12.3. The summed E-state index contributed by atoms with van der Waals surface area (Å²) in [5.41, 5.74) is 0. The van der Waals surface area contributed by atoms with Gasteiger partial charge in [0.15, 0.2) is 10.5 Å². The molecule has 1 atom stereocenters. The van der Waals surface area contributed by atoms with Crippen molar-refractivity contribution in [3.05, 3.63) is 91.0 Å². The summed E-state index contributed by atoms with van der Waals surface area (Å²) < 4.78 is 24.2. The van der Waals surface area contributed by atoms with Gasteiger partial charge in [0.2, 0.25) is 6.10 Å². The predicted molar refractivity (Wildman–Crippen MR) is 104 cm³/mol. The second-order valence-corrected chi connectivity index (χ2v) is 6.12. The Kier molecular flexibility index (Phi) is 5.94. The van der Waals surface area contributed by atoms with Gasteiger partial charge in [0.25, 0.3) is 0 Å². The van der Waals surface area contributed by atoms with Gasteiger partial charge in [-0.2, -0.15) is 0 Å². The summed E-state index contributed by atoms with van der Waals surface area (Å²) in [4.78, 5) is 0. The predicted octanol–water partition coefficient (Wildman–Crippen LogP) is 3.56. The molecule has 0 bridgehead atoms. The number of hydrogen-bond donors (Lipinski definition) is 0. The standard InChI is InChI=1S/C21H22O4Si/c1-17(22-18-11-5-2-6-12-18)21(25-26,23-19-13-7-3-8-14-19)24-20-15-9-4-10-16-20/h2-17H,1,26H3. The van der Waals surface area contributed by atoms with Gasteiger partial charge in [-0.25, -0.2) is 0 Å². The Hall–Kier alpha value is -2.76. The Balaban J connectivity index is 1.90. The van der Waals surface area contributed by atoms with Crippen LogP contribution in [-0.4, -0.2) is 22.6 Å². The Morgan fingerprint density at radius 1 is 0.654 bits per heavy atom. The molecule has 5 heteroatoms. The summed E-state index contributed by atoms with van der Waals surface area (Å²) in [5, 5.41) is 0. The molecule has 0 saturated heterocycles. The molecule has 0 heterocycles. The number of para-hydroxylation sites is 3. The Morgan fingerprint density at radius 3 is 1.42 bits per heavy atom. The van der Waals surface area contributed by atoms with Gasteiger partial charge in [-0.15, -0.1) is 0 Å². The molecule has 134 valence electrons. The number of hydrogen-bond acceptors (Lipinski definition) is 4. The van der Waals surface area contributed by atoms with E-state index in [1.165, 1.54) is 0 Å². The molecule has 0 aliphatic heterocycles. The van der Waals surface area contributed by atoms with E-state index < -0.39 is 12.1 Å². The molecule has 0 saturated carbocycles. The molecule has 3 aromatic carbocycles. The van der Waals surface area contributed by atoms with E-state index in [1.54, 1.807) is 0 Å². The van der Waals surface area contributed by atoms with Gasteiger partial charge in [0.05, 0.1) is 0 Å². The van der Waals surface area contributed by atoms with Crippen LogP contribution >= 0.6 is 0 Å². The zero-order valence-electron chi connectivity index (χ0n) is 14.9. The van der Waals surface area contributed by atoms with Gasteiger partial charge in [0, 0.05) is 0 Å². The largest absolute Gasteiger partial charge is 0.480 e. The van der Waals surface area contributed by atoms with Crippen LogP contribution in [0.3, 0.4) is 0 Å². The third-order valence-corrected chi connectivity index (χ3v) is 4.41. The fourth-order valence-electron chi connectivity index (χ4n) is 2.52. The molecule has 0 aromatic heterocycles. The van der Waals surface area contributed by atoms with Crippen molar-refractivity contribution in [2.75, 3.05) is 0 Å². The van der Waals surface area contributed by atoms with Crippen LogP contribution in [0.4, 0.5) is 0 Å². The lowest BCUT2D eigenvalue weighted by Crippen LogP contribution is -2.55. The topological polar surface area (TPSA) is 36.9 Å². The lowest BCUT2D eigenvalue weighted by atomic mass is 10.3. The molecule has 26 heavy (non-hydrogen) atoms. The molecule has 1 unspecified atom stereocenters. The van der Waals surface area contributed by atoms with Crippen molar-refractivity contribution in [3.8, 4) is 17.2 Å². The maximum atomic E-state index is 6.15. The van der Waals surface area contributed by atoms with E-state index in [4.69, 9.17) is 18.6 Å². The van der Waals surface area contributed by atoms with E-state index in [2.05, 4.69) is 0 Å². The highest BCUT2D eigenvalue weighted by molar-refractivity contribution is 5.98. The van der Waals surface area contributed by atoms with Crippen molar-refractivity contribution < 1.29 is 18.6 Å². The first-order valence-corrected chi connectivity index (χ1v) is 9.28. The highest BCUT2D eigenvalue weighted by Crippen LogP contribution is 2.29. The van der Waals surface area contributed by atoms with Crippen LogP contribution in [0.15, 0.2) is 91.0 Å². The molecular weight excluding hydrogens is 344 g/mol. The number of ether oxygens (including phenoxy) is 3. The first kappa shape index (κ1) is 18.0. The summed E-state index contributed by atoms with van der Waals surface area (Å²) in [6.07, 6.45) is -0.525. The zero-order chi connectivity index (χ0) is 18.2. The SMILES string of the molecule is CC(Oc1ccccc1)C(O[SiH3])(Oc1ccccc1)Oc1ccccc1. The Labute approximate surface area is 156 Å². The minimum Gasteiger partial charge on any atom is -0.480 e. The van der Waals surface area contributed by atoms with Crippen molar-refractivity contribution in [1.82, 2.24) is 0 Å². The van der Waals surface area contributed by atoms with Crippen molar-refractivity contribution in [1.29, 1.82) is 0 Å². The van der Waals surface area contributed by atoms with E-state index in [9.17, 15) is 0 Å². The van der Waals surface area contributed by atoms with Gasteiger partial charge in [-0.3, -0.25) is 0 Å². The van der Waals surface area contributed by atoms with Crippen LogP contribution in [0.1, 0.15) is 6.92 Å². The van der Waals surface area contributed by atoms with Crippen LogP contribution in [0.25, 0.3) is 0 Å². The van der Waals surface area contributed by atoms with E-state index >= 15 is 0 Å². The molecule has 0 amide bonds. The molecule has 0 spiro atoms. The van der Waals surface area contributed by atoms with Gasteiger partial charge in [-0.1, -0.05) is 54.6 Å².